The molecule has 1 aliphatic heterocycles. The molecule has 4 rings (SSSR count). The molecule has 0 aliphatic carbocycles. The Morgan fingerprint density at radius 1 is 1.06 bits per heavy atom. The van der Waals surface area contributed by atoms with Gasteiger partial charge >= 0.3 is 6.03 Å². The van der Waals surface area contributed by atoms with Gasteiger partial charge in [-0.1, -0.05) is 18.2 Å². The number of hydrogen-bond donors (Lipinski definition) is 2. The maximum absolute atomic E-state index is 14.6. The van der Waals surface area contributed by atoms with Gasteiger partial charge in [-0.3, -0.25) is 4.79 Å². The van der Waals surface area contributed by atoms with Crippen molar-refractivity contribution in [2.45, 2.75) is 18.9 Å². The van der Waals surface area contributed by atoms with Gasteiger partial charge in [-0.25, -0.2) is 18.6 Å². The Labute approximate surface area is 196 Å². The maximum atomic E-state index is 14.6. The smallest absolute Gasteiger partial charge is 0.321 e. The highest BCUT2D eigenvalue weighted by molar-refractivity contribution is 5.98. The number of nitrogen functional groups attached to an aromatic ring is 1. The molecule has 2 heterocycles. The Morgan fingerprint density at radius 3 is 2.47 bits per heavy atom. The minimum atomic E-state index is -0.613. The van der Waals surface area contributed by atoms with Crippen LogP contribution < -0.4 is 11.1 Å². The summed E-state index contributed by atoms with van der Waals surface area (Å²) in [6.45, 7) is 0.929. The third-order valence-corrected chi connectivity index (χ3v) is 6.06. The van der Waals surface area contributed by atoms with Crippen LogP contribution in [-0.2, 0) is 0 Å². The number of carbonyl (C=O) groups excluding carboxylic acids is 2. The molecule has 1 aliphatic rings. The zero-order valence-electron chi connectivity index (χ0n) is 18.7. The van der Waals surface area contributed by atoms with Crippen LogP contribution in [0.15, 0.2) is 60.8 Å². The molecule has 3 N–H and O–H groups in total. The van der Waals surface area contributed by atoms with E-state index in [9.17, 15) is 18.4 Å². The number of piperidine rings is 1. The average Bonchev–Trinajstić information content (AvgIpc) is 2.84. The van der Waals surface area contributed by atoms with Gasteiger partial charge in [0.1, 0.15) is 17.5 Å². The molecule has 0 atom stereocenters. The SMILES string of the molecule is CN(C(=O)Nc1ccc(-c2cccc(F)c2)cc1F)C1CCN(C(=O)c2cccnc2N)CC1. The predicted molar refractivity (Wildman–Crippen MR) is 126 cm³/mol. The van der Waals surface area contributed by atoms with Crippen LogP contribution in [-0.4, -0.2) is 52.9 Å². The van der Waals surface area contributed by atoms with E-state index in [1.807, 2.05) is 0 Å². The summed E-state index contributed by atoms with van der Waals surface area (Å²) >= 11 is 0. The van der Waals surface area contributed by atoms with Crippen LogP contribution in [0.5, 0.6) is 0 Å². The Hall–Kier alpha value is -4.01. The van der Waals surface area contributed by atoms with Crippen molar-refractivity contribution in [3.8, 4) is 11.1 Å². The molecule has 0 bridgehead atoms. The first kappa shape index (κ1) is 23.2. The quantitative estimate of drug-likeness (QED) is 0.598. The predicted octanol–water partition coefficient (Wildman–Crippen LogP) is 4.38. The summed E-state index contributed by atoms with van der Waals surface area (Å²) in [4.78, 5) is 32.6. The van der Waals surface area contributed by atoms with Crippen LogP contribution in [0.3, 0.4) is 0 Å². The summed E-state index contributed by atoms with van der Waals surface area (Å²) < 4.78 is 28.1. The van der Waals surface area contributed by atoms with Crippen LogP contribution in [0, 0.1) is 11.6 Å². The number of halogens is 2. The molecule has 0 unspecified atom stereocenters. The van der Waals surface area contributed by atoms with E-state index in [1.54, 1.807) is 42.3 Å². The second kappa shape index (κ2) is 9.86. The molecular weight excluding hydrogens is 440 g/mol. The first-order valence-corrected chi connectivity index (χ1v) is 10.9. The van der Waals surface area contributed by atoms with Gasteiger partial charge in [-0.05, 0) is 60.4 Å². The standard InChI is InChI=1S/C25H25F2N5O2/c1-31(19-9-12-32(13-10-19)24(33)20-6-3-11-29-23(20)28)25(34)30-22-8-7-17(15-21(22)27)16-4-2-5-18(26)14-16/h2-8,11,14-15,19H,9-10,12-13H2,1H3,(H2,28,29)(H,30,34). The van der Waals surface area contributed by atoms with Gasteiger partial charge in [-0.2, -0.15) is 0 Å². The fourth-order valence-electron chi connectivity index (χ4n) is 4.06. The first-order chi connectivity index (χ1) is 16.3. The summed E-state index contributed by atoms with van der Waals surface area (Å²) in [5, 5.41) is 2.60. The number of carbonyl (C=O) groups is 2. The van der Waals surface area contributed by atoms with E-state index in [1.165, 1.54) is 35.4 Å². The lowest BCUT2D eigenvalue weighted by Crippen LogP contribution is -2.48. The molecule has 3 amide bonds. The minimum absolute atomic E-state index is 0.0386. The Balaban J connectivity index is 1.35. The number of likely N-dealkylation sites (tertiary alicyclic amines) is 1. The van der Waals surface area contributed by atoms with Gasteiger partial charge in [0.2, 0.25) is 0 Å². The van der Waals surface area contributed by atoms with E-state index >= 15 is 0 Å². The molecule has 0 spiro atoms. The molecule has 3 aromatic rings. The van der Waals surface area contributed by atoms with Crippen molar-refractivity contribution in [2.75, 3.05) is 31.2 Å². The molecule has 0 radical (unpaired) electrons. The maximum Gasteiger partial charge on any atom is 0.321 e. The molecule has 9 heteroatoms. The summed E-state index contributed by atoms with van der Waals surface area (Å²) in [6, 6.07) is 13.0. The monoisotopic (exact) mass is 465 g/mol. The van der Waals surface area contributed by atoms with Crippen molar-refractivity contribution >= 4 is 23.4 Å². The molecule has 1 aromatic heterocycles. The number of urea groups is 1. The number of nitrogens with zero attached hydrogens (tertiary/aromatic N) is 3. The third-order valence-electron chi connectivity index (χ3n) is 6.06. The zero-order chi connectivity index (χ0) is 24.2. The summed E-state index contributed by atoms with van der Waals surface area (Å²) in [5.74, 6) is -1.01. The van der Waals surface area contributed by atoms with E-state index in [2.05, 4.69) is 10.3 Å². The van der Waals surface area contributed by atoms with Crippen LogP contribution in [0.1, 0.15) is 23.2 Å². The summed E-state index contributed by atoms with van der Waals surface area (Å²) in [6.07, 6.45) is 2.69. The lowest BCUT2D eigenvalue weighted by molar-refractivity contribution is 0.0672. The van der Waals surface area contributed by atoms with E-state index < -0.39 is 17.7 Å². The molecule has 7 nitrogen and oxygen atoms in total. The second-order valence-electron chi connectivity index (χ2n) is 8.21. The van der Waals surface area contributed by atoms with Crippen molar-refractivity contribution in [1.82, 2.24) is 14.8 Å². The topological polar surface area (TPSA) is 91.6 Å². The van der Waals surface area contributed by atoms with E-state index in [4.69, 9.17) is 5.73 Å². The van der Waals surface area contributed by atoms with Gasteiger partial charge < -0.3 is 20.9 Å². The van der Waals surface area contributed by atoms with Gasteiger partial charge in [-0.15, -0.1) is 0 Å². The fourth-order valence-corrected chi connectivity index (χ4v) is 4.06. The van der Waals surface area contributed by atoms with Crippen molar-refractivity contribution in [3.63, 3.8) is 0 Å². The molecule has 2 aromatic carbocycles. The van der Waals surface area contributed by atoms with E-state index in [-0.39, 0.29) is 23.5 Å². The Bertz CT molecular complexity index is 1210. The summed E-state index contributed by atoms with van der Waals surface area (Å²) in [5.41, 5.74) is 7.27. The summed E-state index contributed by atoms with van der Waals surface area (Å²) in [7, 11) is 1.65. The number of nitrogens with one attached hydrogen (secondary N) is 1. The van der Waals surface area contributed by atoms with Gasteiger partial charge in [0.05, 0.1) is 11.3 Å². The number of rotatable bonds is 4. The van der Waals surface area contributed by atoms with Gasteiger partial charge in [0.25, 0.3) is 5.91 Å². The number of pyridine rings is 1. The van der Waals surface area contributed by atoms with Crippen LogP contribution in [0.4, 0.5) is 25.1 Å². The van der Waals surface area contributed by atoms with Crippen LogP contribution in [0.25, 0.3) is 11.1 Å². The highest BCUT2D eigenvalue weighted by atomic mass is 19.1. The molecule has 1 fully saturated rings. The Kier molecular flexibility index (Phi) is 6.72. The molecular formula is C25H25F2N5O2. The number of anilines is 2. The van der Waals surface area contributed by atoms with Crippen LogP contribution >= 0.6 is 0 Å². The van der Waals surface area contributed by atoms with Gasteiger partial charge in [0.15, 0.2) is 0 Å². The normalized spacial score (nSPS) is 14.0. The highest BCUT2D eigenvalue weighted by Crippen LogP contribution is 2.26. The molecule has 0 saturated carbocycles. The lowest BCUT2D eigenvalue weighted by Gasteiger charge is -2.36. The Morgan fingerprint density at radius 2 is 1.79 bits per heavy atom. The molecule has 34 heavy (non-hydrogen) atoms. The van der Waals surface area contributed by atoms with Crippen molar-refractivity contribution in [3.05, 3.63) is 78.0 Å². The molecule has 176 valence electrons. The zero-order valence-corrected chi connectivity index (χ0v) is 18.7. The first-order valence-electron chi connectivity index (χ1n) is 10.9. The number of hydrogen-bond acceptors (Lipinski definition) is 4. The van der Waals surface area contributed by atoms with Crippen molar-refractivity contribution in [1.29, 1.82) is 0 Å². The van der Waals surface area contributed by atoms with E-state index in [0.29, 0.717) is 42.6 Å². The lowest BCUT2D eigenvalue weighted by atomic mass is 10.0. The number of nitrogens with two attached hydrogens (primary N) is 1. The fraction of sp³-hybridized carbons (Fsp3) is 0.240. The van der Waals surface area contributed by atoms with Crippen molar-refractivity contribution < 1.29 is 18.4 Å². The largest absolute Gasteiger partial charge is 0.383 e. The average molecular weight is 466 g/mol. The van der Waals surface area contributed by atoms with Gasteiger partial charge in [0, 0.05) is 32.4 Å². The highest BCUT2D eigenvalue weighted by Gasteiger charge is 2.29. The van der Waals surface area contributed by atoms with Crippen LogP contribution in [0.2, 0.25) is 0 Å². The second-order valence-corrected chi connectivity index (χ2v) is 8.21. The number of aromatic nitrogens is 1. The van der Waals surface area contributed by atoms with E-state index in [0.717, 1.165) is 0 Å². The number of benzene rings is 2. The minimum Gasteiger partial charge on any atom is -0.383 e. The van der Waals surface area contributed by atoms with Crippen molar-refractivity contribution in [2.24, 2.45) is 0 Å². The molecule has 1 saturated heterocycles. The third kappa shape index (κ3) is 4.98. The number of amides is 3.